The first-order chi connectivity index (χ1) is 15.2. The normalized spacial score (nSPS) is 15.0. The highest BCUT2D eigenvalue weighted by Gasteiger charge is 2.26. The highest BCUT2D eigenvalue weighted by Crippen LogP contribution is 2.21. The molecule has 1 aliphatic heterocycles. The minimum atomic E-state index is -0.459. The third-order valence-corrected chi connectivity index (χ3v) is 5.26. The monoisotopic (exact) mass is 576 g/mol. The van der Waals surface area contributed by atoms with Crippen molar-refractivity contribution < 1.29 is 19.0 Å². The number of carbonyl (C=O) groups excluding carboxylic acids is 1. The van der Waals surface area contributed by atoms with Crippen LogP contribution >= 0.6 is 24.0 Å². The van der Waals surface area contributed by atoms with Gasteiger partial charge < -0.3 is 29.7 Å². The van der Waals surface area contributed by atoms with Crippen LogP contribution in [0.4, 0.5) is 4.79 Å². The molecule has 1 aliphatic rings. The van der Waals surface area contributed by atoms with Crippen LogP contribution in [0.2, 0.25) is 0 Å². The molecule has 2 N–H and O–H groups in total. The Kier molecular flexibility index (Phi) is 12.9. The van der Waals surface area contributed by atoms with Gasteiger partial charge in [-0.3, -0.25) is 4.99 Å². The van der Waals surface area contributed by atoms with Gasteiger partial charge >= 0.3 is 6.09 Å². The van der Waals surface area contributed by atoms with Crippen LogP contribution in [0.5, 0.6) is 5.75 Å². The van der Waals surface area contributed by atoms with Gasteiger partial charge in [-0.15, -0.1) is 24.0 Å². The molecular formula is C24H41IN4O4. The molecule has 1 aromatic rings. The smallest absolute Gasteiger partial charge is 0.410 e. The number of hydrogen-bond donors (Lipinski definition) is 2. The van der Waals surface area contributed by atoms with E-state index in [4.69, 9.17) is 14.2 Å². The standard InChI is InChI=1S/C24H40N4O4.HI/c1-18-7-8-20(21(15-18)31-14-13-30-6)17-27-22(25-5)26-16-19-9-11-28(12-10-19)23(29)32-24(2,3)4;/h7-8,15,19H,9-14,16-17H2,1-6H3,(H2,25,26,27);1H. The second kappa shape index (κ2) is 14.5. The predicted octanol–water partition coefficient (Wildman–Crippen LogP) is 3.95. The van der Waals surface area contributed by atoms with E-state index in [0.717, 1.165) is 55.3 Å². The summed E-state index contributed by atoms with van der Waals surface area (Å²) in [6.07, 6.45) is 1.67. The summed E-state index contributed by atoms with van der Waals surface area (Å²) in [4.78, 5) is 18.4. The van der Waals surface area contributed by atoms with Crippen molar-refractivity contribution in [1.29, 1.82) is 0 Å². The van der Waals surface area contributed by atoms with Gasteiger partial charge in [0.25, 0.3) is 0 Å². The Labute approximate surface area is 215 Å². The topological polar surface area (TPSA) is 84.4 Å². The van der Waals surface area contributed by atoms with Gasteiger partial charge in [0, 0.05) is 45.9 Å². The molecule has 8 nitrogen and oxygen atoms in total. The highest BCUT2D eigenvalue weighted by molar-refractivity contribution is 14.0. The molecule has 1 amide bonds. The van der Waals surface area contributed by atoms with Gasteiger partial charge in [0.05, 0.1) is 6.61 Å². The molecule has 0 atom stereocenters. The molecule has 1 aromatic carbocycles. The first-order valence-electron chi connectivity index (χ1n) is 11.4. The SMILES string of the molecule is CN=C(NCc1ccc(C)cc1OCCOC)NCC1CCN(C(=O)OC(C)(C)C)CC1.I. The maximum absolute atomic E-state index is 12.2. The van der Waals surface area contributed by atoms with Crippen molar-refractivity contribution in [1.82, 2.24) is 15.5 Å². The molecular weight excluding hydrogens is 535 g/mol. The van der Waals surface area contributed by atoms with Crippen molar-refractivity contribution in [2.45, 2.75) is 52.7 Å². The fourth-order valence-electron chi connectivity index (χ4n) is 3.46. The van der Waals surface area contributed by atoms with Gasteiger partial charge in [-0.1, -0.05) is 12.1 Å². The number of benzene rings is 1. The van der Waals surface area contributed by atoms with E-state index < -0.39 is 5.60 Å². The average molecular weight is 577 g/mol. The molecule has 0 aromatic heterocycles. The summed E-state index contributed by atoms with van der Waals surface area (Å²) in [5.41, 5.74) is 1.77. The molecule has 0 aliphatic carbocycles. The zero-order chi connectivity index (χ0) is 23.6. The van der Waals surface area contributed by atoms with Crippen LogP contribution in [0.25, 0.3) is 0 Å². The summed E-state index contributed by atoms with van der Waals surface area (Å²) in [5.74, 6) is 2.10. The molecule has 0 radical (unpaired) electrons. The second-order valence-corrected chi connectivity index (χ2v) is 9.17. The molecule has 1 saturated heterocycles. The van der Waals surface area contributed by atoms with E-state index in [9.17, 15) is 4.79 Å². The zero-order valence-electron chi connectivity index (χ0n) is 20.9. The summed E-state index contributed by atoms with van der Waals surface area (Å²) in [6, 6.07) is 6.19. The summed E-state index contributed by atoms with van der Waals surface area (Å²) < 4.78 is 16.4. The Bertz CT molecular complexity index is 759. The number of likely N-dealkylation sites (tertiary alicyclic amines) is 1. The van der Waals surface area contributed by atoms with Crippen molar-refractivity contribution in [3.63, 3.8) is 0 Å². The largest absolute Gasteiger partial charge is 0.491 e. The lowest BCUT2D eigenvalue weighted by atomic mass is 9.97. The molecule has 2 rings (SSSR count). The van der Waals surface area contributed by atoms with E-state index in [2.05, 4.69) is 34.7 Å². The zero-order valence-corrected chi connectivity index (χ0v) is 23.2. The number of nitrogens with zero attached hydrogens (tertiary/aromatic N) is 2. The number of guanidine groups is 1. The van der Waals surface area contributed by atoms with E-state index in [1.54, 1.807) is 19.1 Å². The summed E-state index contributed by atoms with van der Waals surface area (Å²) in [6.45, 7) is 11.7. The maximum Gasteiger partial charge on any atom is 0.410 e. The third-order valence-electron chi connectivity index (χ3n) is 5.26. The van der Waals surface area contributed by atoms with E-state index in [1.165, 1.54) is 0 Å². The van der Waals surface area contributed by atoms with E-state index in [1.807, 2.05) is 26.8 Å². The Balaban J connectivity index is 0.00000544. The number of ether oxygens (including phenoxy) is 3. The number of piperidine rings is 1. The minimum absolute atomic E-state index is 0. The lowest BCUT2D eigenvalue weighted by Crippen LogP contribution is -2.45. The first kappa shape index (κ1) is 29.3. The van der Waals surface area contributed by atoms with Crippen LogP contribution in [0, 0.1) is 12.8 Å². The van der Waals surface area contributed by atoms with Crippen LogP contribution in [0.15, 0.2) is 23.2 Å². The van der Waals surface area contributed by atoms with Crippen LogP contribution in [-0.4, -0.2) is 69.6 Å². The lowest BCUT2D eigenvalue weighted by Gasteiger charge is -2.33. The number of nitrogens with one attached hydrogen (secondary N) is 2. The van der Waals surface area contributed by atoms with Crippen molar-refractivity contribution in [3.8, 4) is 5.75 Å². The number of aryl methyl sites for hydroxylation is 1. The number of methoxy groups -OCH3 is 1. The Morgan fingerprint density at radius 3 is 2.48 bits per heavy atom. The quantitative estimate of drug-likeness (QED) is 0.211. The molecule has 0 spiro atoms. The third kappa shape index (κ3) is 10.8. The van der Waals surface area contributed by atoms with Crippen LogP contribution < -0.4 is 15.4 Å². The van der Waals surface area contributed by atoms with Crippen LogP contribution in [-0.2, 0) is 16.0 Å². The lowest BCUT2D eigenvalue weighted by molar-refractivity contribution is 0.0185. The van der Waals surface area contributed by atoms with Gasteiger partial charge in [0.2, 0.25) is 0 Å². The molecule has 0 unspecified atom stereocenters. The van der Waals surface area contributed by atoms with Gasteiger partial charge in [-0.2, -0.15) is 0 Å². The van der Waals surface area contributed by atoms with Gasteiger partial charge in [0.1, 0.15) is 18.0 Å². The predicted molar refractivity (Wildman–Crippen MR) is 143 cm³/mol. The number of hydrogen-bond acceptors (Lipinski definition) is 5. The van der Waals surface area contributed by atoms with Crippen molar-refractivity contribution in [3.05, 3.63) is 29.3 Å². The van der Waals surface area contributed by atoms with Crippen molar-refractivity contribution in [2.24, 2.45) is 10.9 Å². The van der Waals surface area contributed by atoms with Crippen molar-refractivity contribution in [2.75, 3.05) is 47.0 Å². The summed E-state index contributed by atoms with van der Waals surface area (Å²) in [7, 11) is 3.44. The van der Waals surface area contributed by atoms with E-state index >= 15 is 0 Å². The Morgan fingerprint density at radius 2 is 1.88 bits per heavy atom. The molecule has 1 heterocycles. The fraction of sp³-hybridized carbons (Fsp3) is 0.667. The molecule has 0 bridgehead atoms. The van der Waals surface area contributed by atoms with Crippen molar-refractivity contribution >= 4 is 36.0 Å². The highest BCUT2D eigenvalue weighted by atomic mass is 127. The van der Waals surface area contributed by atoms with Gasteiger partial charge in [-0.25, -0.2) is 4.79 Å². The summed E-state index contributed by atoms with van der Waals surface area (Å²) >= 11 is 0. The average Bonchev–Trinajstić information content (AvgIpc) is 2.74. The van der Waals surface area contributed by atoms with Crippen LogP contribution in [0.3, 0.4) is 0 Å². The van der Waals surface area contributed by atoms with E-state index in [-0.39, 0.29) is 30.1 Å². The molecule has 9 heteroatoms. The van der Waals surface area contributed by atoms with Gasteiger partial charge in [0.15, 0.2) is 5.96 Å². The number of halogens is 1. The van der Waals surface area contributed by atoms with Gasteiger partial charge in [-0.05, 0) is 58.1 Å². The first-order valence-corrected chi connectivity index (χ1v) is 11.4. The molecule has 33 heavy (non-hydrogen) atoms. The van der Waals surface area contributed by atoms with E-state index in [0.29, 0.717) is 25.7 Å². The maximum atomic E-state index is 12.2. The number of aliphatic imine (C=N–C) groups is 1. The number of amides is 1. The summed E-state index contributed by atoms with van der Waals surface area (Å²) in [5, 5.41) is 6.79. The van der Waals surface area contributed by atoms with Crippen LogP contribution in [0.1, 0.15) is 44.7 Å². The minimum Gasteiger partial charge on any atom is -0.491 e. The molecule has 1 fully saturated rings. The Hall–Kier alpha value is -1.75. The Morgan fingerprint density at radius 1 is 1.18 bits per heavy atom. The fourth-order valence-corrected chi connectivity index (χ4v) is 3.46. The number of carbonyl (C=O) groups is 1. The molecule has 188 valence electrons. The number of rotatable bonds is 8. The molecule has 0 saturated carbocycles. The second-order valence-electron chi connectivity index (χ2n) is 9.17.